The maximum absolute atomic E-state index is 12.7. The highest BCUT2D eigenvalue weighted by Crippen LogP contribution is 2.49. The van der Waals surface area contributed by atoms with Crippen LogP contribution in [0.15, 0.2) is 0 Å². The van der Waals surface area contributed by atoms with E-state index in [1.165, 1.54) is 0 Å². The van der Waals surface area contributed by atoms with Gasteiger partial charge in [-0.05, 0) is 29.6 Å². The zero-order valence-electron chi connectivity index (χ0n) is 13.4. The highest BCUT2D eigenvalue weighted by atomic mass is 19.4. The molecule has 7 heteroatoms. The molecule has 1 saturated carbocycles. The van der Waals surface area contributed by atoms with E-state index in [2.05, 4.69) is 0 Å². The van der Waals surface area contributed by atoms with Gasteiger partial charge in [-0.2, -0.15) is 13.2 Å². The van der Waals surface area contributed by atoms with Gasteiger partial charge in [0.2, 0.25) is 5.91 Å². The fourth-order valence-corrected chi connectivity index (χ4v) is 2.87. The van der Waals surface area contributed by atoms with E-state index in [1.807, 2.05) is 26.1 Å². The molecule has 2 fully saturated rings. The molecule has 0 aromatic rings. The fraction of sp³-hybridized carbons (Fsp3) is 0.867. The first-order valence-electron chi connectivity index (χ1n) is 7.53. The zero-order valence-corrected chi connectivity index (χ0v) is 13.4. The van der Waals surface area contributed by atoms with Gasteiger partial charge in [0.05, 0.1) is 0 Å². The lowest BCUT2D eigenvalue weighted by Crippen LogP contribution is -2.55. The van der Waals surface area contributed by atoms with E-state index < -0.39 is 29.4 Å². The summed E-state index contributed by atoms with van der Waals surface area (Å²) in [6.07, 6.45) is -3.68. The maximum Gasteiger partial charge on any atom is 0.471 e. The van der Waals surface area contributed by atoms with Gasteiger partial charge in [-0.3, -0.25) is 9.59 Å². The minimum atomic E-state index is -4.97. The van der Waals surface area contributed by atoms with E-state index >= 15 is 0 Å². The molecule has 1 N–H and O–H groups in total. The van der Waals surface area contributed by atoms with Gasteiger partial charge in [0.25, 0.3) is 0 Å². The number of alkyl halides is 3. The Labute approximate surface area is 128 Å². The molecule has 0 radical (unpaired) electrons. The molecular formula is C15H23F3N2O2. The Kier molecular flexibility index (Phi) is 3.99. The number of carbonyl (C=O) groups is 2. The molecule has 2 amide bonds. The van der Waals surface area contributed by atoms with Gasteiger partial charge in [-0.1, -0.05) is 27.7 Å². The first-order valence-corrected chi connectivity index (χ1v) is 7.53. The molecule has 2 rings (SSSR count). The van der Waals surface area contributed by atoms with E-state index in [-0.39, 0.29) is 11.3 Å². The van der Waals surface area contributed by atoms with Gasteiger partial charge in [0.15, 0.2) is 0 Å². The molecule has 0 bridgehead atoms. The summed E-state index contributed by atoms with van der Waals surface area (Å²) in [5.41, 5.74) is -0.632. The lowest BCUT2D eigenvalue weighted by atomic mass is 9.84. The smallest absolute Gasteiger partial charge is 0.340 e. The fourth-order valence-electron chi connectivity index (χ4n) is 2.87. The van der Waals surface area contributed by atoms with Gasteiger partial charge in [-0.25, -0.2) is 0 Å². The van der Waals surface area contributed by atoms with Crippen molar-refractivity contribution in [3.8, 4) is 0 Å². The van der Waals surface area contributed by atoms with E-state index in [0.29, 0.717) is 25.9 Å². The van der Waals surface area contributed by atoms with Crippen molar-refractivity contribution >= 4 is 11.8 Å². The van der Waals surface area contributed by atoms with Crippen molar-refractivity contribution in [1.82, 2.24) is 10.2 Å². The number of amides is 2. The number of likely N-dealkylation sites (tertiary alicyclic amines) is 1. The minimum absolute atomic E-state index is 0.0707. The summed E-state index contributed by atoms with van der Waals surface area (Å²) in [5.74, 6) is -2.16. The van der Waals surface area contributed by atoms with Crippen LogP contribution in [0, 0.1) is 16.7 Å². The van der Waals surface area contributed by atoms with Crippen molar-refractivity contribution in [2.75, 3.05) is 13.1 Å². The lowest BCUT2D eigenvalue weighted by molar-refractivity contribution is -0.175. The molecule has 1 aliphatic heterocycles. The van der Waals surface area contributed by atoms with E-state index in [9.17, 15) is 22.8 Å². The number of carbonyl (C=O) groups excluding carboxylic acids is 2. The van der Waals surface area contributed by atoms with Crippen LogP contribution in [0.3, 0.4) is 0 Å². The maximum atomic E-state index is 12.7. The Morgan fingerprint density at radius 1 is 1.23 bits per heavy atom. The van der Waals surface area contributed by atoms with Gasteiger partial charge in [0.1, 0.15) is 6.04 Å². The summed E-state index contributed by atoms with van der Waals surface area (Å²) < 4.78 is 37.5. The summed E-state index contributed by atoms with van der Waals surface area (Å²) in [5, 5.41) is 1.92. The van der Waals surface area contributed by atoms with Crippen LogP contribution in [0.5, 0.6) is 0 Å². The van der Waals surface area contributed by atoms with Gasteiger partial charge < -0.3 is 10.2 Å². The highest BCUT2D eigenvalue weighted by Gasteiger charge is 2.54. The number of halogens is 3. The van der Waals surface area contributed by atoms with Crippen LogP contribution < -0.4 is 5.32 Å². The molecule has 2 atom stereocenters. The topological polar surface area (TPSA) is 49.4 Å². The zero-order chi connectivity index (χ0) is 16.9. The first-order chi connectivity index (χ1) is 9.87. The third-order valence-corrected chi connectivity index (χ3v) is 5.25. The van der Waals surface area contributed by atoms with Crippen LogP contribution in [-0.2, 0) is 9.59 Å². The number of rotatable bonds is 3. The lowest BCUT2D eigenvalue weighted by Gasteiger charge is -2.29. The van der Waals surface area contributed by atoms with E-state index in [4.69, 9.17) is 0 Å². The first kappa shape index (κ1) is 17.1. The molecule has 1 saturated heterocycles. The number of hydrogen-bond donors (Lipinski definition) is 1. The summed E-state index contributed by atoms with van der Waals surface area (Å²) in [4.78, 5) is 25.5. The molecule has 22 heavy (non-hydrogen) atoms. The summed E-state index contributed by atoms with van der Waals surface area (Å²) in [6.45, 7) is 8.86. The molecule has 126 valence electrons. The van der Waals surface area contributed by atoms with Gasteiger partial charge >= 0.3 is 12.1 Å². The Bertz CT molecular complexity index is 484. The van der Waals surface area contributed by atoms with Gasteiger partial charge in [-0.15, -0.1) is 0 Å². The third-order valence-electron chi connectivity index (χ3n) is 5.25. The molecule has 0 spiro atoms. The largest absolute Gasteiger partial charge is 0.471 e. The predicted molar refractivity (Wildman–Crippen MR) is 74.9 cm³/mol. The van der Waals surface area contributed by atoms with Crippen LogP contribution >= 0.6 is 0 Å². The number of nitrogens with one attached hydrogen (secondary N) is 1. The van der Waals surface area contributed by atoms with Crippen molar-refractivity contribution in [3.63, 3.8) is 0 Å². The van der Waals surface area contributed by atoms with Crippen molar-refractivity contribution in [2.24, 2.45) is 16.7 Å². The SMILES string of the molecule is CC1CN(C(=O)C(NC(=O)C(F)(F)F)C2(C)CC2)CC1(C)C. The predicted octanol–water partition coefficient (Wildman–Crippen LogP) is 2.34. The average molecular weight is 320 g/mol. The monoisotopic (exact) mass is 320 g/mol. The third kappa shape index (κ3) is 3.22. The van der Waals surface area contributed by atoms with Crippen molar-refractivity contribution in [1.29, 1.82) is 0 Å². The molecule has 4 nitrogen and oxygen atoms in total. The summed E-state index contributed by atoms with van der Waals surface area (Å²) >= 11 is 0. The number of hydrogen-bond acceptors (Lipinski definition) is 2. The van der Waals surface area contributed by atoms with Crippen molar-refractivity contribution < 1.29 is 22.8 Å². The van der Waals surface area contributed by atoms with Crippen molar-refractivity contribution in [2.45, 2.75) is 52.8 Å². The van der Waals surface area contributed by atoms with Gasteiger partial charge in [0, 0.05) is 13.1 Å². The van der Waals surface area contributed by atoms with Crippen LogP contribution in [0.1, 0.15) is 40.5 Å². The molecule has 1 heterocycles. The molecule has 2 aliphatic rings. The number of nitrogens with zero attached hydrogens (tertiary/aromatic N) is 1. The van der Waals surface area contributed by atoms with Crippen LogP contribution in [0.2, 0.25) is 0 Å². The quantitative estimate of drug-likeness (QED) is 0.868. The Hall–Kier alpha value is -1.27. The molecule has 1 aliphatic carbocycles. The summed E-state index contributed by atoms with van der Waals surface area (Å²) in [6, 6.07) is -1.09. The molecule has 0 aromatic heterocycles. The standard InChI is InChI=1S/C15H23F3N2O2/c1-9-7-20(8-13(9,2)3)11(21)10(14(4)5-6-14)19-12(22)15(16,17)18/h9-10H,5-8H2,1-4H3,(H,19,22). The average Bonchev–Trinajstić information content (AvgIpc) is 3.04. The Balaban J connectivity index is 2.14. The molecular weight excluding hydrogens is 297 g/mol. The second-order valence-corrected chi connectivity index (χ2v) is 7.67. The second kappa shape index (κ2) is 5.13. The molecule has 2 unspecified atom stereocenters. The van der Waals surface area contributed by atoms with Crippen LogP contribution in [0.25, 0.3) is 0 Å². The van der Waals surface area contributed by atoms with Crippen LogP contribution in [0.4, 0.5) is 13.2 Å². The minimum Gasteiger partial charge on any atom is -0.340 e. The Morgan fingerprint density at radius 3 is 2.14 bits per heavy atom. The molecule has 0 aromatic carbocycles. The highest BCUT2D eigenvalue weighted by molar-refractivity contribution is 5.91. The summed E-state index contributed by atoms with van der Waals surface area (Å²) in [7, 11) is 0. The van der Waals surface area contributed by atoms with Crippen LogP contribution in [-0.4, -0.2) is 42.0 Å². The Morgan fingerprint density at radius 2 is 1.77 bits per heavy atom. The van der Waals surface area contributed by atoms with Crippen molar-refractivity contribution in [3.05, 3.63) is 0 Å². The van der Waals surface area contributed by atoms with E-state index in [0.717, 1.165) is 0 Å². The van der Waals surface area contributed by atoms with E-state index in [1.54, 1.807) is 11.8 Å². The normalized spacial score (nSPS) is 27.4. The second-order valence-electron chi connectivity index (χ2n) is 7.67.